The maximum Gasteiger partial charge on any atom is 0.412 e. The third-order valence-electron chi connectivity index (χ3n) is 2.41. The Morgan fingerprint density at radius 1 is 1.33 bits per heavy atom. The van der Waals surface area contributed by atoms with Crippen molar-refractivity contribution in [3.05, 3.63) is 29.8 Å². The first-order chi connectivity index (χ1) is 9.71. The minimum Gasteiger partial charge on any atom is -0.465 e. The van der Waals surface area contributed by atoms with Crippen molar-refractivity contribution in [2.24, 2.45) is 0 Å². The minimum absolute atomic E-state index is 0.387. The molecule has 0 aliphatic heterocycles. The number of aliphatic hydroxyl groups excluding tert-OH is 1. The second-order valence-electron chi connectivity index (χ2n) is 5.44. The fraction of sp³-hybridized carbons (Fsp3) is 0.429. The van der Waals surface area contributed by atoms with Gasteiger partial charge in [-0.2, -0.15) is 0 Å². The van der Waals surface area contributed by atoms with Crippen molar-refractivity contribution in [3.8, 4) is 0 Å². The van der Waals surface area contributed by atoms with Crippen LogP contribution in [-0.4, -0.2) is 34.6 Å². The van der Waals surface area contributed by atoms with Gasteiger partial charge in [0.1, 0.15) is 5.60 Å². The van der Waals surface area contributed by atoms with E-state index in [4.69, 9.17) is 9.84 Å². The summed E-state index contributed by atoms with van der Waals surface area (Å²) < 4.78 is 5.12. The van der Waals surface area contributed by atoms with E-state index in [1.807, 2.05) is 0 Å². The van der Waals surface area contributed by atoms with Gasteiger partial charge in [0, 0.05) is 5.69 Å². The summed E-state index contributed by atoms with van der Waals surface area (Å²) in [5, 5.41) is 22.7. The number of hydrogen-bond donors (Lipinski definition) is 4. The molecule has 116 valence electrons. The number of nitrogens with one attached hydrogen (secondary N) is 2. The molecule has 1 aromatic rings. The molecule has 0 aliphatic rings. The summed E-state index contributed by atoms with van der Waals surface area (Å²) in [4.78, 5) is 22.3. The zero-order valence-corrected chi connectivity index (χ0v) is 12.2. The van der Waals surface area contributed by atoms with E-state index in [0.29, 0.717) is 11.3 Å². The van der Waals surface area contributed by atoms with Crippen LogP contribution in [0.4, 0.5) is 15.3 Å². The maximum absolute atomic E-state index is 11.7. The Balaban J connectivity index is 2.80. The third-order valence-corrected chi connectivity index (χ3v) is 2.41. The van der Waals surface area contributed by atoms with Gasteiger partial charge in [-0.25, -0.2) is 9.59 Å². The molecule has 0 heterocycles. The number of carboxylic acid groups (broad SMARTS) is 1. The summed E-state index contributed by atoms with van der Waals surface area (Å²) >= 11 is 0. The van der Waals surface area contributed by atoms with E-state index in [1.54, 1.807) is 45.0 Å². The van der Waals surface area contributed by atoms with Crippen LogP contribution in [0.5, 0.6) is 0 Å². The zero-order chi connectivity index (χ0) is 16.0. The van der Waals surface area contributed by atoms with Gasteiger partial charge in [0.15, 0.2) is 0 Å². The Bertz CT molecular complexity index is 510. The Morgan fingerprint density at radius 3 is 2.52 bits per heavy atom. The number of carbonyl (C=O) groups excluding carboxylic acids is 1. The molecule has 0 spiro atoms. The summed E-state index contributed by atoms with van der Waals surface area (Å²) in [6.45, 7) is 4.87. The lowest BCUT2D eigenvalue weighted by molar-refractivity contribution is 0.0636. The molecule has 0 fully saturated rings. The first-order valence-corrected chi connectivity index (χ1v) is 6.41. The Hall–Kier alpha value is -2.28. The van der Waals surface area contributed by atoms with Gasteiger partial charge >= 0.3 is 12.2 Å². The van der Waals surface area contributed by atoms with E-state index >= 15 is 0 Å². The molecule has 0 unspecified atom stereocenters. The maximum atomic E-state index is 11.7. The number of rotatable bonds is 4. The van der Waals surface area contributed by atoms with E-state index in [-0.39, 0.29) is 6.61 Å². The summed E-state index contributed by atoms with van der Waals surface area (Å²) in [7, 11) is 0. The highest BCUT2D eigenvalue weighted by Gasteiger charge is 2.17. The molecule has 4 N–H and O–H groups in total. The smallest absolute Gasteiger partial charge is 0.412 e. The number of anilines is 1. The highest BCUT2D eigenvalue weighted by Crippen LogP contribution is 2.18. The number of amides is 2. The van der Waals surface area contributed by atoms with Crippen LogP contribution in [0.3, 0.4) is 0 Å². The molecule has 7 nitrogen and oxygen atoms in total. The Labute approximate surface area is 122 Å². The molecule has 0 bridgehead atoms. The molecule has 0 radical (unpaired) electrons. The van der Waals surface area contributed by atoms with Gasteiger partial charge in [0.25, 0.3) is 0 Å². The average molecular weight is 296 g/mol. The van der Waals surface area contributed by atoms with Crippen LogP contribution in [0.1, 0.15) is 32.4 Å². The number of aliphatic hydroxyl groups is 1. The average Bonchev–Trinajstić information content (AvgIpc) is 2.33. The molecular weight excluding hydrogens is 276 g/mol. The van der Waals surface area contributed by atoms with Crippen molar-refractivity contribution in [1.82, 2.24) is 5.32 Å². The van der Waals surface area contributed by atoms with Crippen LogP contribution in [0.2, 0.25) is 0 Å². The molecule has 0 saturated carbocycles. The predicted octanol–water partition coefficient (Wildman–Crippen LogP) is 2.33. The van der Waals surface area contributed by atoms with Crippen molar-refractivity contribution in [1.29, 1.82) is 0 Å². The second kappa shape index (κ2) is 6.94. The van der Waals surface area contributed by atoms with Gasteiger partial charge in [-0.05, 0) is 38.5 Å². The van der Waals surface area contributed by atoms with Gasteiger partial charge < -0.3 is 20.3 Å². The van der Waals surface area contributed by atoms with Crippen molar-refractivity contribution in [3.63, 3.8) is 0 Å². The van der Waals surface area contributed by atoms with Gasteiger partial charge in [0.2, 0.25) is 0 Å². The Kier molecular flexibility index (Phi) is 5.54. The predicted molar refractivity (Wildman–Crippen MR) is 77.3 cm³/mol. The van der Waals surface area contributed by atoms with E-state index in [1.165, 1.54) is 0 Å². The van der Waals surface area contributed by atoms with Gasteiger partial charge in [-0.15, -0.1) is 0 Å². The molecule has 21 heavy (non-hydrogen) atoms. The number of ether oxygens (including phenoxy) is 1. The molecule has 0 aromatic heterocycles. The highest BCUT2D eigenvalue weighted by atomic mass is 16.6. The highest BCUT2D eigenvalue weighted by molar-refractivity contribution is 5.85. The van der Waals surface area contributed by atoms with E-state index < -0.39 is 23.8 Å². The molecule has 7 heteroatoms. The van der Waals surface area contributed by atoms with Crippen LogP contribution in [0, 0.1) is 0 Å². The number of carbonyl (C=O) groups is 2. The summed E-state index contributed by atoms with van der Waals surface area (Å²) in [5.74, 6) is 0. The minimum atomic E-state index is -1.24. The topological polar surface area (TPSA) is 108 Å². The van der Waals surface area contributed by atoms with Crippen LogP contribution in [0.15, 0.2) is 24.3 Å². The summed E-state index contributed by atoms with van der Waals surface area (Å²) in [6, 6.07) is 5.75. The first-order valence-electron chi connectivity index (χ1n) is 6.41. The fourth-order valence-electron chi connectivity index (χ4n) is 1.64. The van der Waals surface area contributed by atoms with E-state index in [0.717, 1.165) is 0 Å². The summed E-state index contributed by atoms with van der Waals surface area (Å²) in [6.07, 6.45) is -1.84. The molecule has 1 atom stereocenters. The Morgan fingerprint density at radius 2 is 2.00 bits per heavy atom. The van der Waals surface area contributed by atoms with Gasteiger partial charge in [0.05, 0.1) is 12.6 Å². The van der Waals surface area contributed by atoms with Crippen LogP contribution < -0.4 is 10.6 Å². The van der Waals surface area contributed by atoms with Crippen molar-refractivity contribution in [2.75, 3.05) is 11.9 Å². The lowest BCUT2D eigenvalue weighted by Gasteiger charge is -2.20. The third kappa shape index (κ3) is 6.13. The van der Waals surface area contributed by atoms with Crippen molar-refractivity contribution < 1.29 is 24.5 Å². The van der Waals surface area contributed by atoms with Crippen molar-refractivity contribution >= 4 is 17.9 Å². The van der Waals surface area contributed by atoms with E-state index in [9.17, 15) is 14.7 Å². The van der Waals surface area contributed by atoms with Gasteiger partial charge in [-0.1, -0.05) is 12.1 Å². The number of benzene rings is 1. The summed E-state index contributed by atoms with van der Waals surface area (Å²) in [5.41, 5.74) is 0.376. The van der Waals surface area contributed by atoms with Crippen LogP contribution in [-0.2, 0) is 4.74 Å². The molecule has 0 saturated heterocycles. The molecular formula is C14H20N2O5. The van der Waals surface area contributed by atoms with Crippen molar-refractivity contribution in [2.45, 2.75) is 32.4 Å². The lowest BCUT2D eigenvalue weighted by atomic mass is 10.1. The lowest BCUT2D eigenvalue weighted by Crippen LogP contribution is -2.29. The standard InChI is InChI=1S/C14H20N2O5/c1-14(2,3)21-13(20)15-10-6-4-5-9(7-10)11(8-17)16-12(18)19/h4-7,11,16-17H,8H2,1-3H3,(H,15,20)(H,18,19)/t11-/m1/s1. The van der Waals surface area contributed by atoms with Gasteiger partial charge in [-0.3, -0.25) is 5.32 Å². The normalized spacial score (nSPS) is 12.4. The molecule has 0 aliphatic carbocycles. The van der Waals surface area contributed by atoms with E-state index in [2.05, 4.69) is 10.6 Å². The first kappa shape index (κ1) is 16.8. The molecule has 1 rings (SSSR count). The van der Waals surface area contributed by atoms with Crippen LogP contribution in [0.25, 0.3) is 0 Å². The fourth-order valence-corrected chi connectivity index (χ4v) is 1.64. The molecule has 1 aromatic carbocycles. The monoisotopic (exact) mass is 296 g/mol. The SMILES string of the molecule is CC(C)(C)OC(=O)Nc1cccc([C@@H](CO)NC(=O)O)c1. The van der Waals surface area contributed by atoms with Crippen LogP contribution >= 0.6 is 0 Å². The molecule has 2 amide bonds. The largest absolute Gasteiger partial charge is 0.465 e. The number of hydrogen-bond acceptors (Lipinski definition) is 4. The zero-order valence-electron chi connectivity index (χ0n) is 12.2. The quantitative estimate of drug-likeness (QED) is 0.682. The second-order valence-corrected chi connectivity index (χ2v) is 5.44.